The van der Waals surface area contributed by atoms with Gasteiger partial charge in [-0.15, -0.1) is 0 Å². The summed E-state index contributed by atoms with van der Waals surface area (Å²) in [6.07, 6.45) is 5.08. The van der Waals surface area contributed by atoms with Gasteiger partial charge in [-0.05, 0) is 49.9 Å². The third-order valence-electron chi connectivity index (χ3n) is 5.99. The van der Waals surface area contributed by atoms with Crippen LogP contribution in [0.3, 0.4) is 0 Å². The van der Waals surface area contributed by atoms with Crippen LogP contribution in [0.2, 0.25) is 0 Å². The van der Waals surface area contributed by atoms with Crippen molar-refractivity contribution in [3.63, 3.8) is 0 Å². The second-order valence-corrected chi connectivity index (χ2v) is 9.86. The maximum atomic E-state index is 13.4. The fourth-order valence-electron chi connectivity index (χ4n) is 4.40. The van der Waals surface area contributed by atoms with E-state index < -0.39 is 15.4 Å². The molecule has 0 unspecified atom stereocenters. The Balaban J connectivity index is 1.58. The van der Waals surface area contributed by atoms with Crippen LogP contribution in [0, 0.1) is 6.92 Å². The fourth-order valence-corrected chi connectivity index (χ4v) is 5.53. The largest absolute Gasteiger partial charge is 0.325 e. The Morgan fingerprint density at radius 3 is 2.50 bits per heavy atom. The van der Waals surface area contributed by atoms with Gasteiger partial charge in [-0.1, -0.05) is 48.7 Å². The molecule has 1 saturated carbocycles. The van der Waals surface area contributed by atoms with Crippen molar-refractivity contribution in [3.8, 4) is 0 Å². The third kappa shape index (κ3) is 4.12. The standard InChI is InChI=1S/C23H27N3O3S/c1-17-7-4-8-18(15-17)23(12-2-3-13-23)22(27)25-19-9-5-10-20(16-19)30(28,29)26-21-11-6-14-24-21/h4-5,7-10,15-16H,2-3,6,11-14H2,1H3,(H,24,26)(H,25,27). The van der Waals surface area contributed by atoms with Crippen LogP contribution in [0.4, 0.5) is 5.69 Å². The van der Waals surface area contributed by atoms with Gasteiger partial charge in [-0.3, -0.25) is 14.5 Å². The predicted molar refractivity (Wildman–Crippen MR) is 118 cm³/mol. The Morgan fingerprint density at radius 2 is 1.80 bits per heavy atom. The molecule has 2 aromatic carbocycles. The molecule has 0 bridgehead atoms. The summed E-state index contributed by atoms with van der Waals surface area (Å²) >= 11 is 0. The van der Waals surface area contributed by atoms with Crippen LogP contribution in [-0.2, 0) is 20.2 Å². The number of nitrogens with zero attached hydrogens (tertiary/aromatic N) is 1. The molecule has 0 atom stereocenters. The summed E-state index contributed by atoms with van der Waals surface area (Å²) in [4.78, 5) is 17.7. The molecular weight excluding hydrogens is 398 g/mol. The molecule has 6 nitrogen and oxygen atoms in total. The van der Waals surface area contributed by atoms with Gasteiger partial charge in [0, 0.05) is 18.7 Å². The highest BCUT2D eigenvalue weighted by Gasteiger charge is 2.42. The molecule has 1 heterocycles. The van der Waals surface area contributed by atoms with E-state index in [0.29, 0.717) is 24.5 Å². The van der Waals surface area contributed by atoms with Crippen LogP contribution in [0.15, 0.2) is 58.4 Å². The van der Waals surface area contributed by atoms with Crippen molar-refractivity contribution in [2.45, 2.75) is 55.8 Å². The number of rotatable bonds is 5. The molecule has 4 rings (SSSR count). The molecule has 0 spiro atoms. The summed E-state index contributed by atoms with van der Waals surface area (Å²) in [7, 11) is -3.73. The molecular formula is C23H27N3O3S. The highest BCUT2D eigenvalue weighted by molar-refractivity contribution is 7.90. The van der Waals surface area contributed by atoms with Gasteiger partial charge < -0.3 is 5.32 Å². The lowest BCUT2D eigenvalue weighted by Gasteiger charge is -2.28. The Labute approximate surface area is 177 Å². The van der Waals surface area contributed by atoms with Crippen LogP contribution in [0.1, 0.15) is 49.7 Å². The first kappa shape index (κ1) is 20.6. The van der Waals surface area contributed by atoms with Gasteiger partial charge in [0.2, 0.25) is 5.91 Å². The molecule has 0 aromatic heterocycles. The molecule has 1 amide bonds. The number of amides is 1. The molecule has 2 aromatic rings. The molecule has 1 fully saturated rings. The molecule has 30 heavy (non-hydrogen) atoms. The van der Waals surface area contributed by atoms with Gasteiger partial charge in [-0.25, -0.2) is 8.42 Å². The Bertz CT molecular complexity index is 1090. The number of anilines is 1. The summed E-state index contributed by atoms with van der Waals surface area (Å²) in [5, 5.41) is 2.99. The Morgan fingerprint density at radius 1 is 1.03 bits per heavy atom. The summed E-state index contributed by atoms with van der Waals surface area (Å²) in [5.74, 6) is 0.419. The minimum atomic E-state index is -3.73. The summed E-state index contributed by atoms with van der Waals surface area (Å²) in [5.41, 5.74) is 2.07. The highest BCUT2D eigenvalue weighted by atomic mass is 32.2. The van der Waals surface area contributed by atoms with E-state index in [1.165, 1.54) is 12.1 Å². The molecule has 2 aliphatic rings. The first-order valence-electron chi connectivity index (χ1n) is 10.4. The normalized spacial score (nSPS) is 18.1. The highest BCUT2D eigenvalue weighted by Crippen LogP contribution is 2.42. The lowest BCUT2D eigenvalue weighted by Crippen LogP contribution is -2.38. The molecule has 2 N–H and O–H groups in total. The smallest absolute Gasteiger partial charge is 0.262 e. The van der Waals surface area contributed by atoms with E-state index in [1.807, 2.05) is 25.1 Å². The van der Waals surface area contributed by atoms with Crippen molar-refractivity contribution in [3.05, 3.63) is 59.7 Å². The molecule has 7 heteroatoms. The van der Waals surface area contributed by atoms with Gasteiger partial charge in [0.15, 0.2) is 0 Å². The van der Waals surface area contributed by atoms with Crippen LogP contribution < -0.4 is 10.0 Å². The van der Waals surface area contributed by atoms with Crippen molar-refractivity contribution >= 4 is 27.5 Å². The topological polar surface area (TPSA) is 87.6 Å². The summed E-state index contributed by atoms with van der Waals surface area (Å²) in [6, 6.07) is 14.5. The van der Waals surface area contributed by atoms with E-state index in [-0.39, 0.29) is 10.8 Å². The molecule has 0 saturated heterocycles. The monoisotopic (exact) mass is 425 g/mol. The van der Waals surface area contributed by atoms with Crippen molar-refractivity contribution in [2.24, 2.45) is 4.99 Å². The zero-order valence-corrected chi connectivity index (χ0v) is 18.0. The van der Waals surface area contributed by atoms with Crippen molar-refractivity contribution in [1.82, 2.24) is 4.72 Å². The molecule has 1 aliphatic carbocycles. The lowest BCUT2D eigenvalue weighted by atomic mass is 9.77. The van der Waals surface area contributed by atoms with E-state index in [9.17, 15) is 13.2 Å². The van der Waals surface area contributed by atoms with Gasteiger partial charge in [0.25, 0.3) is 10.0 Å². The van der Waals surface area contributed by atoms with E-state index in [4.69, 9.17) is 0 Å². The number of amidine groups is 1. The summed E-state index contributed by atoms with van der Waals surface area (Å²) < 4.78 is 28.0. The molecule has 1 aliphatic heterocycles. The van der Waals surface area contributed by atoms with Crippen molar-refractivity contribution < 1.29 is 13.2 Å². The number of carbonyl (C=O) groups is 1. The van der Waals surface area contributed by atoms with Gasteiger partial charge in [-0.2, -0.15) is 0 Å². The van der Waals surface area contributed by atoms with E-state index >= 15 is 0 Å². The number of hydrogen-bond donors (Lipinski definition) is 2. The Hall–Kier alpha value is -2.67. The van der Waals surface area contributed by atoms with E-state index in [0.717, 1.165) is 43.2 Å². The predicted octanol–water partition coefficient (Wildman–Crippen LogP) is 3.92. The lowest BCUT2D eigenvalue weighted by molar-refractivity contribution is -0.121. The first-order valence-corrected chi connectivity index (χ1v) is 11.9. The van der Waals surface area contributed by atoms with Crippen LogP contribution in [-0.4, -0.2) is 26.7 Å². The van der Waals surface area contributed by atoms with Crippen LogP contribution in [0.25, 0.3) is 0 Å². The number of sulfonamides is 1. The zero-order valence-electron chi connectivity index (χ0n) is 17.1. The van der Waals surface area contributed by atoms with Crippen molar-refractivity contribution in [1.29, 1.82) is 0 Å². The Kier molecular flexibility index (Phi) is 5.64. The second kappa shape index (κ2) is 8.22. The van der Waals surface area contributed by atoms with Crippen LogP contribution >= 0.6 is 0 Å². The average molecular weight is 426 g/mol. The number of hydrogen-bond acceptors (Lipinski definition) is 4. The third-order valence-corrected chi connectivity index (χ3v) is 7.37. The van der Waals surface area contributed by atoms with Gasteiger partial charge in [0.1, 0.15) is 5.84 Å². The minimum absolute atomic E-state index is 0.0757. The number of benzene rings is 2. The first-order chi connectivity index (χ1) is 14.4. The fraction of sp³-hybridized carbons (Fsp3) is 0.391. The van der Waals surface area contributed by atoms with Crippen LogP contribution in [0.5, 0.6) is 0 Å². The van der Waals surface area contributed by atoms with E-state index in [2.05, 4.69) is 21.1 Å². The number of aliphatic imine (C=N–C) groups is 1. The van der Waals surface area contributed by atoms with Gasteiger partial charge in [0.05, 0.1) is 10.3 Å². The maximum Gasteiger partial charge on any atom is 0.262 e. The quantitative estimate of drug-likeness (QED) is 0.761. The minimum Gasteiger partial charge on any atom is -0.325 e. The maximum absolute atomic E-state index is 13.4. The number of nitrogens with one attached hydrogen (secondary N) is 2. The van der Waals surface area contributed by atoms with Gasteiger partial charge >= 0.3 is 0 Å². The summed E-state index contributed by atoms with van der Waals surface area (Å²) in [6.45, 7) is 2.68. The zero-order chi connectivity index (χ0) is 21.2. The molecule has 158 valence electrons. The average Bonchev–Trinajstić information content (AvgIpc) is 3.40. The molecule has 0 radical (unpaired) electrons. The van der Waals surface area contributed by atoms with E-state index in [1.54, 1.807) is 12.1 Å². The number of carbonyl (C=O) groups excluding carboxylic acids is 1. The SMILES string of the molecule is Cc1cccc(C2(C(=O)Nc3cccc(S(=O)(=O)NC4=NCCC4)c3)CCCC2)c1. The second-order valence-electron chi connectivity index (χ2n) is 8.18. The van der Waals surface area contributed by atoms with Crippen molar-refractivity contribution in [2.75, 3.05) is 11.9 Å². The number of aryl methyl sites for hydroxylation is 1.